The number of rotatable bonds is 6. The van der Waals surface area contributed by atoms with Crippen LogP contribution in [0.1, 0.15) is 20.3 Å². The molecule has 158 valence electrons. The molecule has 0 saturated carbocycles. The minimum absolute atomic E-state index is 0.0794. The molecule has 2 N–H and O–H groups in total. The van der Waals surface area contributed by atoms with E-state index >= 15 is 0 Å². The van der Waals surface area contributed by atoms with Crippen LogP contribution in [0, 0.1) is 18.3 Å². The van der Waals surface area contributed by atoms with Crippen LogP contribution in [-0.2, 0) is 4.74 Å². The molecule has 0 radical (unpaired) electrons. The van der Waals surface area contributed by atoms with Gasteiger partial charge >= 0.3 is 0 Å². The highest BCUT2D eigenvalue weighted by Gasteiger charge is 2.21. The Bertz CT molecular complexity index is 729. The van der Waals surface area contributed by atoms with Gasteiger partial charge in [-0.15, -0.1) is 6.42 Å². The van der Waals surface area contributed by atoms with Crippen LogP contribution in [0.5, 0.6) is 11.5 Å². The summed E-state index contributed by atoms with van der Waals surface area (Å²) in [5.74, 6) is 5.37. The Morgan fingerprint density at radius 1 is 1.28 bits per heavy atom. The molecule has 0 aliphatic carbocycles. The van der Waals surface area contributed by atoms with Crippen molar-refractivity contribution in [1.29, 1.82) is 0 Å². The smallest absolute Gasteiger partial charge is 0.196 e. The predicted molar refractivity (Wildman–Crippen MR) is 116 cm³/mol. The van der Waals surface area contributed by atoms with Crippen molar-refractivity contribution >= 4 is 11.6 Å². The van der Waals surface area contributed by atoms with Gasteiger partial charge in [-0.1, -0.05) is 19.8 Å². The van der Waals surface area contributed by atoms with E-state index in [0.717, 1.165) is 49.8 Å². The van der Waals surface area contributed by atoms with E-state index in [4.69, 9.17) is 25.6 Å². The molecule has 0 aromatic heterocycles. The van der Waals surface area contributed by atoms with Crippen molar-refractivity contribution in [3.05, 3.63) is 18.2 Å². The van der Waals surface area contributed by atoms with E-state index in [0.29, 0.717) is 38.2 Å². The zero-order valence-electron chi connectivity index (χ0n) is 17.4. The molecule has 1 fully saturated rings. The maximum atomic E-state index is 5.90. The van der Waals surface area contributed by atoms with E-state index in [2.05, 4.69) is 35.3 Å². The lowest BCUT2D eigenvalue weighted by molar-refractivity contribution is -0.0261. The van der Waals surface area contributed by atoms with Crippen LogP contribution in [0.25, 0.3) is 0 Å². The molecule has 2 heterocycles. The Hall–Kier alpha value is -2.43. The maximum Gasteiger partial charge on any atom is 0.196 e. The topological polar surface area (TPSA) is 67.4 Å². The zero-order valence-corrected chi connectivity index (χ0v) is 17.4. The highest BCUT2D eigenvalue weighted by molar-refractivity contribution is 5.94. The number of anilines is 1. The summed E-state index contributed by atoms with van der Waals surface area (Å²) in [6.07, 6.45) is 6.38. The monoisotopic (exact) mass is 400 g/mol. The number of aliphatic imine (C=N–C) groups is 1. The molecule has 2 aliphatic rings. The molecule has 0 spiro atoms. The average molecular weight is 401 g/mol. The number of nitrogens with one attached hydrogen (secondary N) is 2. The quantitative estimate of drug-likeness (QED) is 0.434. The summed E-state index contributed by atoms with van der Waals surface area (Å²) in [7, 11) is 0. The summed E-state index contributed by atoms with van der Waals surface area (Å²) in [4.78, 5) is 7.14. The highest BCUT2D eigenvalue weighted by Crippen LogP contribution is 2.32. The predicted octanol–water partition coefficient (Wildman–Crippen LogP) is 2.20. The molecule has 1 unspecified atom stereocenters. The third-order valence-corrected chi connectivity index (χ3v) is 4.67. The van der Waals surface area contributed by atoms with Crippen molar-refractivity contribution < 1.29 is 14.2 Å². The SMILES string of the molecule is C#CCNC(=NCC1CN(CC(C)C)CCO1)Nc1ccc2c(c1)OCCCO2. The Balaban J connectivity index is 1.63. The van der Waals surface area contributed by atoms with Gasteiger partial charge in [0.15, 0.2) is 17.5 Å². The first kappa shape index (κ1) is 21.3. The third kappa shape index (κ3) is 6.84. The minimum atomic E-state index is 0.0794. The highest BCUT2D eigenvalue weighted by atomic mass is 16.5. The lowest BCUT2D eigenvalue weighted by Crippen LogP contribution is -2.45. The largest absolute Gasteiger partial charge is 0.490 e. The Kier molecular flexibility index (Phi) is 8.03. The van der Waals surface area contributed by atoms with Crippen LogP contribution in [0.3, 0.4) is 0 Å². The molecule has 1 saturated heterocycles. The fraction of sp³-hybridized carbons (Fsp3) is 0.591. The average Bonchev–Trinajstić information content (AvgIpc) is 2.95. The Morgan fingerprint density at radius 2 is 2.10 bits per heavy atom. The van der Waals surface area contributed by atoms with Crippen molar-refractivity contribution in [1.82, 2.24) is 10.2 Å². The molecule has 1 atom stereocenters. The summed E-state index contributed by atoms with van der Waals surface area (Å²) in [5.41, 5.74) is 0.864. The Morgan fingerprint density at radius 3 is 2.90 bits per heavy atom. The van der Waals surface area contributed by atoms with Crippen LogP contribution in [0.2, 0.25) is 0 Å². The number of terminal acetylenes is 1. The van der Waals surface area contributed by atoms with E-state index in [1.807, 2.05) is 18.2 Å². The van der Waals surface area contributed by atoms with E-state index in [1.54, 1.807) is 0 Å². The second-order valence-electron chi connectivity index (χ2n) is 7.73. The fourth-order valence-corrected chi connectivity index (χ4v) is 3.42. The van der Waals surface area contributed by atoms with Gasteiger partial charge in [0.2, 0.25) is 0 Å². The van der Waals surface area contributed by atoms with Gasteiger partial charge in [0, 0.05) is 37.8 Å². The molecule has 2 aliphatic heterocycles. The fourth-order valence-electron chi connectivity index (χ4n) is 3.42. The van der Waals surface area contributed by atoms with Gasteiger partial charge in [-0.2, -0.15) is 0 Å². The van der Waals surface area contributed by atoms with Crippen molar-refractivity contribution in [2.24, 2.45) is 10.9 Å². The molecular weight excluding hydrogens is 368 g/mol. The first-order valence-corrected chi connectivity index (χ1v) is 10.4. The van der Waals surface area contributed by atoms with E-state index < -0.39 is 0 Å². The van der Waals surface area contributed by atoms with E-state index in [1.165, 1.54) is 0 Å². The number of benzene rings is 1. The number of ether oxygens (including phenoxy) is 3. The lowest BCUT2D eigenvalue weighted by Gasteiger charge is -2.33. The molecule has 0 bridgehead atoms. The molecule has 0 amide bonds. The standard InChI is InChI=1S/C22H32N4O3/c1-4-8-23-22(24-14-19-16-26(9-12-27-19)15-17(2)3)25-18-6-7-20-21(13-18)29-11-5-10-28-20/h1,6-7,13,17,19H,5,8-12,14-16H2,2-3H3,(H2,23,24,25). The number of hydrogen-bond acceptors (Lipinski definition) is 5. The van der Waals surface area contributed by atoms with Gasteiger partial charge in [0.05, 0.1) is 39.0 Å². The lowest BCUT2D eigenvalue weighted by atomic mass is 10.2. The second kappa shape index (κ2) is 10.9. The normalized spacial score (nSPS) is 20.1. The number of nitrogens with zero attached hydrogens (tertiary/aromatic N) is 2. The van der Waals surface area contributed by atoms with Gasteiger partial charge < -0.3 is 24.8 Å². The van der Waals surface area contributed by atoms with Crippen LogP contribution in [-0.4, -0.2) is 69.5 Å². The summed E-state index contributed by atoms with van der Waals surface area (Å²) in [5, 5.41) is 6.46. The van der Waals surface area contributed by atoms with Crippen LogP contribution in [0.15, 0.2) is 23.2 Å². The van der Waals surface area contributed by atoms with Crippen molar-refractivity contribution in [2.75, 3.05) is 57.9 Å². The number of guanidine groups is 1. The van der Waals surface area contributed by atoms with Crippen LogP contribution >= 0.6 is 0 Å². The summed E-state index contributed by atoms with van der Waals surface area (Å²) < 4.78 is 17.4. The molecular formula is C22H32N4O3. The third-order valence-electron chi connectivity index (χ3n) is 4.67. The van der Waals surface area contributed by atoms with Crippen molar-refractivity contribution in [2.45, 2.75) is 26.4 Å². The molecule has 1 aromatic carbocycles. The van der Waals surface area contributed by atoms with Gasteiger partial charge in [-0.25, -0.2) is 0 Å². The first-order chi connectivity index (χ1) is 14.1. The van der Waals surface area contributed by atoms with Gasteiger partial charge in [0.1, 0.15) is 0 Å². The molecule has 29 heavy (non-hydrogen) atoms. The second-order valence-corrected chi connectivity index (χ2v) is 7.73. The summed E-state index contributed by atoms with van der Waals surface area (Å²) in [6.45, 7) is 10.5. The molecule has 7 nitrogen and oxygen atoms in total. The summed E-state index contributed by atoms with van der Waals surface area (Å²) >= 11 is 0. The number of fused-ring (bicyclic) bond motifs is 1. The molecule has 1 aromatic rings. The van der Waals surface area contributed by atoms with E-state index in [-0.39, 0.29) is 6.10 Å². The first-order valence-electron chi connectivity index (χ1n) is 10.4. The number of hydrogen-bond donors (Lipinski definition) is 2. The van der Waals surface area contributed by atoms with Gasteiger partial charge in [-0.3, -0.25) is 9.89 Å². The molecule has 7 heteroatoms. The Labute approximate surface area is 173 Å². The van der Waals surface area contributed by atoms with Gasteiger partial charge in [-0.05, 0) is 18.1 Å². The van der Waals surface area contributed by atoms with Crippen molar-refractivity contribution in [3.8, 4) is 23.8 Å². The zero-order chi connectivity index (χ0) is 20.5. The van der Waals surface area contributed by atoms with Crippen LogP contribution in [0.4, 0.5) is 5.69 Å². The van der Waals surface area contributed by atoms with E-state index in [9.17, 15) is 0 Å². The number of morpholine rings is 1. The van der Waals surface area contributed by atoms with Gasteiger partial charge in [0.25, 0.3) is 0 Å². The van der Waals surface area contributed by atoms with Crippen molar-refractivity contribution in [3.63, 3.8) is 0 Å². The van der Waals surface area contributed by atoms with Crippen LogP contribution < -0.4 is 20.1 Å². The molecule has 3 rings (SSSR count). The maximum absolute atomic E-state index is 5.90. The summed E-state index contributed by atoms with van der Waals surface area (Å²) in [6, 6.07) is 5.78. The minimum Gasteiger partial charge on any atom is -0.490 e.